The Hall–Kier alpha value is -3.10. The van der Waals surface area contributed by atoms with Gasteiger partial charge in [-0.1, -0.05) is 37.6 Å². The van der Waals surface area contributed by atoms with Crippen molar-refractivity contribution in [3.8, 4) is 6.07 Å². The van der Waals surface area contributed by atoms with Crippen LogP contribution in [-0.2, 0) is 4.79 Å². The maximum Gasteiger partial charge on any atom is 0.162 e. The van der Waals surface area contributed by atoms with E-state index in [4.69, 9.17) is 17.3 Å². The molecule has 2 aliphatic rings. The maximum atomic E-state index is 13.5. The number of anilines is 1. The first kappa shape index (κ1) is 20.2. The largest absolute Gasteiger partial charge is 0.384 e. The number of halogens is 2. The van der Waals surface area contributed by atoms with Gasteiger partial charge >= 0.3 is 0 Å². The molecule has 0 fully saturated rings. The fourth-order valence-corrected chi connectivity index (χ4v) is 4.61. The van der Waals surface area contributed by atoms with Crippen molar-refractivity contribution in [1.82, 2.24) is 0 Å². The predicted molar refractivity (Wildman–Crippen MR) is 115 cm³/mol. The minimum Gasteiger partial charge on any atom is -0.384 e. The quantitative estimate of drug-likeness (QED) is 0.702. The fourth-order valence-electron chi connectivity index (χ4n) is 4.41. The lowest BCUT2D eigenvalue weighted by Gasteiger charge is -2.43. The molecule has 1 aliphatic heterocycles. The van der Waals surface area contributed by atoms with Gasteiger partial charge < -0.3 is 5.73 Å². The number of hydrogen-bond acceptors (Lipinski definition) is 4. The van der Waals surface area contributed by atoms with E-state index in [1.165, 1.54) is 12.1 Å². The number of carbonyl (C=O) groups excluding carboxylic acids is 1. The third kappa shape index (κ3) is 3.38. The molecule has 0 spiro atoms. The number of nitriles is 1. The van der Waals surface area contributed by atoms with Gasteiger partial charge in [0.1, 0.15) is 11.6 Å². The van der Waals surface area contributed by atoms with Crippen molar-refractivity contribution < 1.29 is 9.18 Å². The highest BCUT2D eigenvalue weighted by Gasteiger charge is 2.44. The van der Waals surface area contributed by atoms with E-state index in [9.17, 15) is 14.4 Å². The number of carbonyl (C=O) groups is 1. The summed E-state index contributed by atoms with van der Waals surface area (Å²) in [5.41, 5.74) is 9.22. The van der Waals surface area contributed by atoms with Gasteiger partial charge in [0.05, 0.1) is 17.6 Å². The first-order valence-electron chi connectivity index (χ1n) is 9.69. The second kappa shape index (κ2) is 7.30. The standard InChI is InChI=1S/C24H21ClFN3O/c1-24(2)11-19-22(20(30)12-24)21(14-4-3-5-15(25)10-14)18(13-27)23(28)29(19)17-8-6-16(26)7-9-17/h3-10,21H,11-12,28H2,1-2H3. The van der Waals surface area contributed by atoms with E-state index in [1.54, 1.807) is 35.2 Å². The molecule has 0 bridgehead atoms. The van der Waals surface area contributed by atoms with Crippen molar-refractivity contribution in [3.05, 3.63) is 87.6 Å². The molecule has 0 amide bonds. The van der Waals surface area contributed by atoms with Crippen molar-refractivity contribution in [1.29, 1.82) is 5.26 Å². The average molecular weight is 422 g/mol. The Kier molecular flexibility index (Phi) is 4.91. The van der Waals surface area contributed by atoms with Crippen LogP contribution < -0.4 is 10.6 Å². The van der Waals surface area contributed by atoms with Crippen LogP contribution in [0, 0.1) is 22.6 Å². The Labute approximate surface area is 180 Å². The van der Waals surface area contributed by atoms with Gasteiger partial charge in [-0.05, 0) is 53.8 Å². The van der Waals surface area contributed by atoms with E-state index in [0.717, 1.165) is 11.3 Å². The number of ketones is 1. The van der Waals surface area contributed by atoms with Crippen LogP contribution in [0.4, 0.5) is 10.1 Å². The summed E-state index contributed by atoms with van der Waals surface area (Å²) in [6.45, 7) is 4.07. The Morgan fingerprint density at radius 1 is 1.20 bits per heavy atom. The minimum absolute atomic E-state index is 0.0152. The summed E-state index contributed by atoms with van der Waals surface area (Å²) in [7, 11) is 0. The molecule has 152 valence electrons. The van der Waals surface area contributed by atoms with Gasteiger partial charge in [-0.3, -0.25) is 9.69 Å². The summed E-state index contributed by atoms with van der Waals surface area (Å²) in [5.74, 6) is -0.717. The highest BCUT2D eigenvalue weighted by atomic mass is 35.5. The molecule has 1 aliphatic carbocycles. The van der Waals surface area contributed by atoms with Gasteiger partial charge in [0.15, 0.2) is 5.78 Å². The van der Waals surface area contributed by atoms with Gasteiger partial charge in [-0.2, -0.15) is 5.26 Å². The number of nitrogens with two attached hydrogens (primary N) is 1. The zero-order valence-corrected chi connectivity index (χ0v) is 17.5. The van der Waals surface area contributed by atoms with Gasteiger partial charge in [-0.15, -0.1) is 0 Å². The van der Waals surface area contributed by atoms with Crippen molar-refractivity contribution >= 4 is 23.1 Å². The molecule has 2 aromatic carbocycles. The Balaban J connectivity index is 2.00. The number of allylic oxidation sites excluding steroid dienone is 3. The zero-order valence-electron chi connectivity index (χ0n) is 16.7. The summed E-state index contributed by atoms with van der Waals surface area (Å²) in [6, 6.07) is 15.3. The summed E-state index contributed by atoms with van der Waals surface area (Å²) >= 11 is 6.21. The van der Waals surface area contributed by atoms with Crippen LogP contribution in [0.1, 0.15) is 38.2 Å². The first-order valence-corrected chi connectivity index (χ1v) is 10.1. The molecule has 0 saturated heterocycles. The van der Waals surface area contributed by atoms with Crippen LogP contribution >= 0.6 is 11.6 Å². The van der Waals surface area contributed by atoms with E-state index < -0.39 is 5.92 Å². The van der Waals surface area contributed by atoms with Gasteiger partial charge in [-0.25, -0.2) is 4.39 Å². The van der Waals surface area contributed by atoms with Crippen molar-refractivity contribution in [2.45, 2.75) is 32.6 Å². The maximum absolute atomic E-state index is 13.5. The highest BCUT2D eigenvalue weighted by molar-refractivity contribution is 6.30. The number of hydrogen-bond donors (Lipinski definition) is 1. The smallest absolute Gasteiger partial charge is 0.162 e. The molecule has 4 rings (SSSR count). The molecule has 1 heterocycles. The number of Topliss-reactive ketones (excluding diaryl/α,β-unsaturated/α-hetero) is 1. The summed E-state index contributed by atoms with van der Waals surface area (Å²) in [6.07, 6.45) is 0.973. The fraction of sp³-hybridized carbons (Fsp3) is 0.250. The molecular formula is C24H21ClFN3O. The zero-order chi connectivity index (χ0) is 21.6. The lowest BCUT2D eigenvalue weighted by molar-refractivity contribution is -0.118. The van der Waals surface area contributed by atoms with Gasteiger partial charge in [0.25, 0.3) is 0 Å². The van der Waals surface area contributed by atoms with E-state index in [-0.39, 0.29) is 28.4 Å². The van der Waals surface area contributed by atoms with Gasteiger partial charge in [0.2, 0.25) is 0 Å². The van der Waals surface area contributed by atoms with Crippen LogP contribution in [0.3, 0.4) is 0 Å². The number of nitrogens with zero attached hydrogens (tertiary/aromatic N) is 2. The average Bonchev–Trinajstić information content (AvgIpc) is 2.67. The SMILES string of the molecule is CC1(C)CC(=O)C2=C(C1)N(c1ccc(F)cc1)C(N)=C(C#N)C2c1cccc(Cl)c1. The normalized spacial score (nSPS) is 20.8. The lowest BCUT2D eigenvalue weighted by atomic mass is 9.68. The van der Waals surface area contributed by atoms with Crippen LogP contribution in [0.15, 0.2) is 71.2 Å². The Bertz CT molecular complexity index is 1140. The number of benzene rings is 2. The molecule has 30 heavy (non-hydrogen) atoms. The van der Waals surface area contributed by atoms with E-state index in [0.29, 0.717) is 29.1 Å². The molecular weight excluding hydrogens is 401 g/mol. The van der Waals surface area contributed by atoms with Crippen molar-refractivity contribution in [2.75, 3.05) is 4.90 Å². The molecule has 0 aromatic heterocycles. The summed E-state index contributed by atoms with van der Waals surface area (Å²) in [4.78, 5) is 15.1. The summed E-state index contributed by atoms with van der Waals surface area (Å²) in [5, 5.41) is 10.5. The van der Waals surface area contributed by atoms with Crippen LogP contribution in [0.2, 0.25) is 5.02 Å². The van der Waals surface area contributed by atoms with Crippen molar-refractivity contribution in [3.63, 3.8) is 0 Å². The molecule has 4 nitrogen and oxygen atoms in total. The summed E-state index contributed by atoms with van der Waals surface area (Å²) < 4.78 is 13.5. The number of rotatable bonds is 2. The molecule has 0 saturated carbocycles. The topological polar surface area (TPSA) is 70.1 Å². The molecule has 6 heteroatoms. The third-order valence-electron chi connectivity index (χ3n) is 5.65. The lowest BCUT2D eigenvalue weighted by Crippen LogP contribution is -2.42. The minimum atomic E-state index is -0.580. The molecule has 2 aromatic rings. The molecule has 1 atom stereocenters. The second-order valence-electron chi connectivity index (χ2n) is 8.51. The van der Waals surface area contributed by atoms with Crippen LogP contribution in [0.25, 0.3) is 0 Å². The van der Waals surface area contributed by atoms with Gasteiger partial charge in [0, 0.05) is 28.4 Å². The first-order chi connectivity index (χ1) is 14.2. The monoisotopic (exact) mass is 421 g/mol. The molecule has 1 unspecified atom stereocenters. The van der Waals surface area contributed by atoms with Crippen LogP contribution in [0.5, 0.6) is 0 Å². The van der Waals surface area contributed by atoms with Crippen LogP contribution in [-0.4, -0.2) is 5.78 Å². The third-order valence-corrected chi connectivity index (χ3v) is 5.88. The highest BCUT2D eigenvalue weighted by Crippen LogP contribution is 2.50. The Morgan fingerprint density at radius 2 is 1.90 bits per heavy atom. The van der Waals surface area contributed by atoms with E-state index in [2.05, 4.69) is 6.07 Å². The predicted octanol–water partition coefficient (Wildman–Crippen LogP) is 5.42. The molecule has 0 radical (unpaired) electrons. The molecule has 2 N–H and O–H groups in total. The van der Waals surface area contributed by atoms with E-state index >= 15 is 0 Å². The van der Waals surface area contributed by atoms with Crippen molar-refractivity contribution in [2.24, 2.45) is 11.1 Å². The van der Waals surface area contributed by atoms with E-state index in [1.807, 2.05) is 19.9 Å². The second-order valence-corrected chi connectivity index (χ2v) is 8.95. The Morgan fingerprint density at radius 3 is 2.53 bits per heavy atom.